The lowest BCUT2D eigenvalue weighted by atomic mass is 9.92. The molecule has 4 nitrogen and oxygen atoms in total. The van der Waals surface area contributed by atoms with Gasteiger partial charge in [-0.15, -0.1) is 0 Å². The van der Waals surface area contributed by atoms with Gasteiger partial charge in [0, 0.05) is 19.7 Å². The molecule has 1 aliphatic carbocycles. The van der Waals surface area contributed by atoms with Crippen LogP contribution in [-0.4, -0.2) is 61.7 Å². The van der Waals surface area contributed by atoms with E-state index >= 15 is 0 Å². The van der Waals surface area contributed by atoms with E-state index in [4.69, 9.17) is 9.47 Å². The summed E-state index contributed by atoms with van der Waals surface area (Å²) in [6.45, 7) is 4.89. The quantitative estimate of drug-likeness (QED) is 0.765. The largest absolute Gasteiger partial charge is 0.389 e. The van der Waals surface area contributed by atoms with E-state index in [9.17, 15) is 5.11 Å². The highest BCUT2D eigenvalue weighted by atomic mass is 16.5. The van der Waals surface area contributed by atoms with Gasteiger partial charge in [-0.05, 0) is 45.1 Å². The summed E-state index contributed by atoms with van der Waals surface area (Å²) in [5.74, 6) is 0.884. The average Bonchev–Trinajstić information content (AvgIpc) is 2.86. The van der Waals surface area contributed by atoms with Crippen LogP contribution in [0.3, 0.4) is 0 Å². The third kappa shape index (κ3) is 4.42. The first-order valence-corrected chi connectivity index (χ1v) is 7.73. The number of aliphatic hydroxyl groups is 1. The standard InChI is InChI=1S/C15H29NO3/c1-12(10-18-2)19-11-14(17)9-16-8-4-6-13-5-3-7-15(13)16/h12-15,17H,3-11H2,1-2H3. The van der Waals surface area contributed by atoms with Crippen LogP contribution in [-0.2, 0) is 9.47 Å². The molecule has 1 aliphatic heterocycles. The number of hydrogen-bond acceptors (Lipinski definition) is 4. The molecule has 1 saturated heterocycles. The van der Waals surface area contributed by atoms with Crippen molar-refractivity contribution < 1.29 is 14.6 Å². The molecule has 0 aromatic heterocycles. The maximum Gasteiger partial charge on any atom is 0.0900 e. The van der Waals surface area contributed by atoms with Gasteiger partial charge < -0.3 is 14.6 Å². The van der Waals surface area contributed by atoms with Crippen molar-refractivity contribution in [1.82, 2.24) is 4.90 Å². The van der Waals surface area contributed by atoms with Gasteiger partial charge in [0.1, 0.15) is 0 Å². The summed E-state index contributed by atoms with van der Waals surface area (Å²) in [4.78, 5) is 2.50. The molecule has 2 rings (SSSR count). The maximum absolute atomic E-state index is 10.1. The van der Waals surface area contributed by atoms with E-state index in [2.05, 4.69) is 4.90 Å². The highest BCUT2D eigenvalue weighted by molar-refractivity contribution is 4.89. The first-order valence-electron chi connectivity index (χ1n) is 7.73. The second kappa shape index (κ2) is 7.58. The maximum atomic E-state index is 10.1. The first kappa shape index (κ1) is 15.2. The number of β-amino-alcohol motifs (C(OH)–C–C–N with tert-alkyl or cyclic N) is 1. The van der Waals surface area contributed by atoms with Crippen molar-refractivity contribution in [3.05, 3.63) is 0 Å². The van der Waals surface area contributed by atoms with E-state index in [1.54, 1.807) is 7.11 Å². The molecule has 0 aromatic rings. The molecule has 1 saturated carbocycles. The number of hydrogen-bond donors (Lipinski definition) is 1. The van der Waals surface area contributed by atoms with Crippen LogP contribution in [0.2, 0.25) is 0 Å². The summed E-state index contributed by atoms with van der Waals surface area (Å²) in [6, 6.07) is 0.722. The molecule has 4 heteroatoms. The molecular weight excluding hydrogens is 242 g/mol. The second-order valence-corrected chi connectivity index (χ2v) is 6.15. The van der Waals surface area contributed by atoms with Crippen LogP contribution in [0.5, 0.6) is 0 Å². The summed E-state index contributed by atoms with van der Waals surface area (Å²) in [6.07, 6.45) is 6.42. The molecule has 112 valence electrons. The Hall–Kier alpha value is -0.160. The van der Waals surface area contributed by atoms with E-state index in [0.717, 1.165) is 25.0 Å². The Balaban J connectivity index is 1.70. The number of piperidine rings is 1. The lowest BCUT2D eigenvalue weighted by Gasteiger charge is -2.38. The van der Waals surface area contributed by atoms with E-state index in [1.807, 2.05) is 6.92 Å². The van der Waals surface area contributed by atoms with Gasteiger partial charge in [0.05, 0.1) is 25.4 Å². The van der Waals surface area contributed by atoms with Crippen molar-refractivity contribution in [3.8, 4) is 0 Å². The zero-order valence-corrected chi connectivity index (χ0v) is 12.4. The van der Waals surface area contributed by atoms with Gasteiger partial charge in [-0.25, -0.2) is 0 Å². The Kier molecular flexibility index (Phi) is 6.07. The van der Waals surface area contributed by atoms with Crippen LogP contribution in [0.25, 0.3) is 0 Å². The fourth-order valence-corrected chi connectivity index (χ4v) is 3.67. The number of ether oxygens (including phenoxy) is 2. The number of fused-ring (bicyclic) bond motifs is 1. The topological polar surface area (TPSA) is 41.9 Å². The average molecular weight is 271 g/mol. The van der Waals surface area contributed by atoms with E-state index in [0.29, 0.717) is 13.2 Å². The van der Waals surface area contributed by atoms with Crippen LogP contribution >= 0.6 is 0 Å². The van der Waals surface area contributed by atoms with Gasteiger partial charge >= 0.3 is 0 Å². The number of aliphatic hydroxyl groups excluding tert-OH is 1. The minimum absolute atomic E-state index is 0.0558. The number of methoxy groups -OCH3 is 1. The van der Waals surface area contributed by atoms with Gasteiger partial charge in [-0.1, -0.05) is 6.42 Å². The molecule has 0 spiro atoms. The lowest BCUT2D eigenvalue weighted by molar-refractivity contribution is -0.0471. The lowest BCUT2D eigenvalue weighted by Crippen LogP contribution is -2.47. The van der Waals surface area contributed by atoms with Crippen molar-refractivity contribution >= 4 is 0 Å². The van der Waals surface area contributed by atoms with Gasteiger partial charge in [-0.3, -0.25) is 4.90 Å². The van der Waals surface area contributed by atoms with Crippen molar-refractivity contribution in [2.75, 3.05) is 33.4 Å². The highest BCUT2D eigenvalue weighted by Crippen LogP contribution is 2.36. The zero-order chi connectivity index (χ0) is 13.7. The Morgan fingerprint density at radius 1 is 1.21 bits per heavy atom. The summed E-state index contributed by atoms with van der Waals surface area (Å²) >= 11 is 0. The summed E-state index contributed by atoms with van der Waals surface area (Å²) < 4.78 is 10.6. The Labute approximate surface area is 117 Å². The van der Waals surface area contributed by atoms with Crippen LogP contribution < -0.4 is 0 Å². The summed E-state index contributed by atoms with van der Waals surface area (Å²) in [7, 11) is 1.67. The van der Waals surface area contributed by atoms with Crippen molar-refractivity contribution in [2.45, 2.75) is 57.3 Å². The minimum atomic E-state index is -0.376. The Morgan fingerprint density at radius 3 is 2.79 bits per heavy atom. The van der Waals surface area contributed by atoms with Crippen molar-refractivity contribution in [3.63, 3.8) is 0 Å². The molecule has 1 N–H and O–H groups in total. The predicted octanol–water partition coefficient (Wildman–Crippen LogP) is 1.66. The fourth-order valence-electron chi connectivity index (χ4n) is 3.67. The van der Waals surface area contributed by atoms with Gasteiger partial charge in [0.15, 0.2) is 0 Å². The van der Waals surface area contributed by atoms with Crippen molar-refractivity contribution in [2.24, 2.45) is 5.92 Å². The van der Waals surface area contributed by atoms with Crippen LogP contribution in [0.4, 0.5) is 0 Å². The summed E-state index contributed by atoms with van der Waals surface area (Å²) in [5.41, 5.74) is 0. The molecule has 19 heavy (non-hydrogen) atoms. The monoisotopic (exact) mass is 271 g/mol. The number of likely N-dealkylation sites (tertiary alicyclic amines) is 1. The molecule has 0 amide bonds. The van der Waals surface area contributed by atoms with Crippen molar-refractivity contribution in [1.29, 1.82) is 0 Å². The molecule has 4 unspecified atom stereocenters. The van der Waals surface area contributed by atoms with Gasteiger partial charge in [0.2, 0.25) is 0 Å². The van der Waals surface area contributed by atoms with Gasteiger partial charge in [-0.2, -0.15) is 0 Å². The second-order valence-electron chi connectivity index (χ2n) is 6.15. The first-order chi connectivity index (χ1) is 9.20. The fraction of sp³-hybridized carbons (Fsp3) is 1.00. The zero-order valence-electron chi connectivity index (χ0n) is 12.4. The van der Waals surface area contributed by atoms with E-state index < -0.39 is 0 Å². The molecule has 1 heterocycles. The molecule has 0 bridgehead atoms. The van der Waals surface area contributed by atoms with Crippen LogP contribution in [0, 0.1) is 5.92 Å². The van der Waals surface area contributed by atoms with Gasteiger partial charge in [0.25, 0.3) is 0 Å². The van der Waals surface area contributed by atoms with E-state index in [-0.39, 0.29) is 12.2 Å². The third-order valence-electron chi connectivity index (χ3n) is 4.53. The smallest absolute Gasteiger partial charge is 0.0900 e. The Bertz CT molecular complexity index is 262. The molecule has 2 aliphatic rings. The predicted molar refractivity (Wildman–Crippen MR) is 75.2 cm³/mol. The molecule has 0 aromatic carbocycles. The number of nitrogens with zero attached hydrogens (tertiary/aromatic N) is 1. The van der Waals surface area contributed by atoms with Crippen LogP contribution in [0.1, 0.15) is 39.0 Å². The molecule has 0 radical (unpaired) electrons. The molecule has 2 fully saturated rings. The van der Waals surface area contributed by atoms with Crippen LogP contribution in [0.15, 0.2) is 0 Å². The third-order valence-corrected chi connectivity index (χ3v) is 4.53. The normalized spacial score (nSPS) is 31.1. The highest BCUT2D eigenvalue weighted by Gasteiger charge is 2.35. The Morgan fingerprint density at radius 2 is 2.00 bits per heavy atom. The number of rotatable bonds is 7. The van der Waals surface area contributed by atoms with E-state index in [1.165, 1.54) is 32.1 Å². The molecule has 4 atom stereocenters. The molecular formula is C15H29NO3. The summed E-state index contributed by atoms with van der Waals surface area (Å²) in [5, 5.41) is 10.1. The SMILES string of the molecule is COCC(C)OCC(O)CN1CCCC2CCCC21. The minimum Gasteiger partial charge on any atom is -0.389 e.